The standard InChI is InChI=1S/C21H24Cl2FN3O2/c22-20(23)21(29)26-18(11-24)19(28)16-6-4-15(5-7-16)17-8-3-14(12-25-17)13-27-9-1-2-10-27/h3-8,12,18-20,28H,1-2,9-11,13H2,(H,26,29)/t18-,19-/m1/s1. The van der Waals surface area contributed by atoms with Gasteiger partial charge in [0.1, 0.15) is 12.8 Å². The number of hydrogen-bond donors (Lipinski definition) is 2. The third-order valence-electron chi connectivity index (χ3n) is 5.05. The highest BCUT2D eigenvalue weighted by molar-refractivity contribution is 6.53. The molecule has 1 aliphatic rings. The Kier molecular flexibility index (Phi) is 7.84. The Hall–Kier alpha value is -1.73. The second-order valence-electron chi connectivity index (χ2n) is 7.17. The van der Waals surface area contributed by atoms with Crippen LogP contribution in [0.25, 0.3) is 11.3 Å². The third-order valence-corrected chi connectivity index (χ3v) is 5.45. The average molecular weight is 440 g/mol. The van der Waals surface area contributed by atoms with E-state index in [0.717, 1.165) is 30.9 Å². The second-order valence-corrected chi connectivity index (χ2v) is 8.27. The van der Waals surface area contributed by atoms with Crippen LogP contribution >= 0.6 is 23.2 Å². The second kappa shape index (κ2) is 10.3. The fourth-order valence-corrected chi connectivity index (χ4v) is 3.54. The van der Waals surface area contributed by atoms with E-state index in [4.69, 9.17) is 23.2 Å². The lowest BCUT2D eigenvalue weighted by Crippen LogP contribution is -2.43. The molecule has 0 aliphatic carbocycles. The molecule has 1 amide bonds. The molecule has 1 aromatic carbocycles. The lowest BCUT2D eigenvalue weighted by Gasteiger charge is -2.22. The number of aromatic nitrogens is 1. The molecule has 2 N–H and O–H groups in total. The van der Waals surface area contributed by atoms with Crippen LogP contribution in [0.15, 0.2) is 42.6 Å². The van der Waals surface area contributed by atoms with E-state index >= 15 is 0 Å². The van der Waals surface area contributed by atoms with Crippen molar-refractivity contribution in [1.82, 2.24) is 15.2 Å². The summed E-state index contributed by atoms with van der Waals surface area (Å²) in [5.41, 5.74) is 3.36. The molecule has 0 saturated carbocycles. The summed E-state index contributed by atoms with van der Waals surface area (Å²) in [5.74, 6) is -0.745. The number of aliphatic hydroxyl groups excluding tert-OH is 1. The molecule has 1 fully saturated rings. The third kappa shape index (κ3) is 5.89. The number of likely N-dealkylation sites (tertiary alicyclic amines) is 1. The van der Waals surface area contributed by atoms with Crippen molar-refractivity contribution in [3.63, 3.8) is 0 Å². The smallest absolute Gasteiger partial charge is 0.253 e. The van der Waals surface area contributed by atoms with Gasteiger partial charge in [0.2, 0.25) is 0 Å². The molecule has 5 nitrogen and oxygen atoms in total. The largest absolute Gasteiger partial charge is 0.386 e. The summed E-state index contributed by atoms with van der Waals surface area (Å²) in [5, 5.41) is 12.7. The van der Waals surface area contributed by atoms with Gasteiger partial charge in [0.15, 0.2) is 4.84 Å². The van der Waals surface area contributed by atoms with E-state index in [1.807, 2.05) is 24.4 Å². The van der Waals surface area contributed by atoms with Crippen molar-refractivity contribution in [3.8, 4) is 11.3 Å². The number of pyridine rings is 1. The minimum absolute atomic E-state index is 0.475. The molecule has 2 atom stereocenters. The summed E-state index contributed by atoms with van der Waals surface area (Å²) >= 11 is 10.9. The maximum Gasteiger partial charge on any atom is 0.253 e. The Balaban J connectivity index is 1.64. The maximum atomic E-state index is 13.3. The van der Waals surface area contributed by atoms with Crippen LogP contribution in [0.1, 0.15) is 30.1 Å². The van der Waals surface area contributed by atoms with Gasteiger partial charge in [0, 0.05) is 18.3 Å². The van der Waals surface area contributed by atoms with Gasteiger partial charge in [-0.15, -0.1) is 0 Å². The minimum atomic E-state index is -1.32. The van der Waals surface area contributed by atoms with E-state index in [9.17, 15) is 14.3 Å². The number of carbonyl (C=O) groups is 1. The fourth-order valence-electron chi connectivity index (χ4n) is 3.42. The van der Waals surface area contributed by atoms with Gasteiger partial charge in [-0.05, 0) is 43.1 Å². The molecule has 1 aromatic heterocycles. The number of amides is 1. The van der Waals surface area contributed by atoms with Crippen molar-refractivity contribution in [2.45, 2.75) is 36.4 Å². The van der Waals surface area contributed by atoms with Crippen LogP contribution in [0.5, 0.6) is 0 Å². The number of nitrogens with one attached hydrogen (secondary N) is 1. The lowest BCUT2D eigenvalue weighted by atomic mass is 10.0. The first-order valence-electron chi connectivity index (χ1n) is 9.58. The van der Waals surface area contributed by atoms with Crippen LogP contribution in [0.4, 0.5) is 4.39 Å². The summed E-state index contributed by atoms with van der Waals surface area (Å²) in [4.78, 5) is 17.2. The van der Waals surface area contributed by atoms with Crippen LogP contribution in [0, 0.1) is 0 Å². The van der Waals surface area contributed by atoms with Gasteiger partial charge in [-0.3, -0.25) is 14.7 Å². The zero-order valence-electron chi connectivity index (χ0n) is 15.9. The molecule has 0 unspecified atom stereocenters. The van der Waals surface area contributed by atoms with E-state index in [1.165, 1.54) is 18.4 Å². The van der Waals surface area contributed by atoms with Crippen molar-refractivity contribution in [2.24, 2.45) is 0 Å². The fraction of sp³-hybridized carbons (Fsp3) is 0.429. The summed E-state index contributed by atoms with van der Waals surface area (Å²) in [6.45, 7) is 2.25. The molecule has 1 saturated heterocycles. The number of benzene rings is 1. The number of halogens is 3. The number of hydrogen-bond acceptors (Lipinski definition) is 4. The summed E-state index contributed by atoms with van der Waals surface area (Å²) in [7, 11) is 0. The van der Waals surface area contributed by atoms with Crippen molar-refractivity contribution in [3.05, 3.63) is 53.7 Å². The number of nitrogens with zero attached hydrogens (tertiary/aromatic N) is 2. The minimum Gasteiger partial charge on any atom is -0.386 e. The van der Waals surface area contributed by atoms with Crippen LogP contribution in [-0.4, -0.2) is 51.5 Å². The highest BCUT2D eigenvalue weighted by Crippen LogP contribution is 2.23. The Morgan fingerprint density at radius 3 is 2.41 bits per heavy atom. The van der Waals surface area contributed by atoms with Crippen LogP contribution in [0.2, 0.25) is 0 Å². The van der Waals surface area contributed by atoms with Crippen LogP contribution < -0.4 is 5.32 Å². The van der Waals surface area contributed by atoms with Gasteiger partial charge >= 0.3 is 0 Å². The molecule has 0 spiro atoms. The molecular formula is C21H24Cl2FN3O2. The quantitative estimate of drug-likeness (QED) is 0.616. The first-order chi connectivity index (χ1) is 14.0. The molecule has 0 bridgehead atoms. The van der Waals surface area contributed by atoms with Gasteiger partial charge < -0.3 is 10.4 Å². The maximum absolute atomic E-state index is 13.3. The molecular weight excluding hydrogens is 416 g/mol. The normalized spacial score (nSPS) is 16.7. The molecule has 1 aliphatic heterocycles. The summed E-state index contributed by atoms with van der Waals surface area (Å²) < 4.78 is 13.3. The van der Waals surface area contributed by atoms with Crippen molar-refractivity contribution in [1.29, 1.82) is 0 Å². The zero-order valence-corrected chi connectivity index (χ0v) is 17.4. The highest BCUT2D eigenvalue weighted by Gasteiger charge is 2.25. The van der Waals surface area contributed by atoms with Gasteiger partial charge in [-0.1, -0.05) is 53.5 Å². The molecule has 2 aromatic rings. The Morgan fingerprint density at radius 2 is 1.86 bits per heavy atom. The number of rotatable bonds is 8. The number of aliphatic hydroxyl groups is 1. The Morgan fingerprint density at radius 1 is 1.17 bits per heavy atom. The van der Waals surface area contributed by atoms with Gasteiger partial charge in [0.25, 0.3) is 5.91 Å². The molecule has 8 heteroatoms. The molecule has 2 heterocycles. The highest BCUT2D eigenvalue weighted by atomic mass is 35.5. The monoisotopic (exact) mass is 439 g/mol. The van der Waals surface area contributed by atoms with E-state index in [1.54, 1.807) is 12.1 Å². The Bertz CT molecular complexity index is 797. The molecule has 3 rings (SSSR count). The van der Waals surface area contributed by atoms with Crippen molar-refractivity contribution >= 4 is 29.1 Å². The Labute approximate surface area is 179 Å². The van der Waals surface area contributed by atoms with Crippen molar-refractivity contribution in [2.75, 3.05) is 19.8 Å². The van der Waals surface area contributed by atoms with Crippen LogP contribution in [0.3, 0.4) is 0 Å². The van der Waals surface area contributed by atoms with E-state index in [0.29, 0.717) is 5.56 Å². The van der Waals surface area contributed by atoms with Crippen LogP contribution in [-0.2, 0) is 11.3 Å². The topological polar surface area (TPSA) is 65.5 Å². The van der Waals surface area contributed by atoms with E-state index < -0.39 is 29.6 Å². The lowest BCUT2D eigenvalue weighted by molar-refractivity contribution is -0.121. The molecule has 156 valence electrons. The van der Waals surface area contributed by atoms with Gasteiger partial charge in [-0.2, -0.15) is 0 Å². The van der Waals surface area contributed by atoms with E-state index in [-0.39, 0.29) is 0 Å². The van der Waals surface area contributed by atoms with Gasteiger partial charge in [-0.25, -0.2) is 4.39 Å². The first-order valence-corrected chi connectivity index (χ1v) is 10.5. The number of alkyl halides is 3. The first kappa shape index (κ1) is 22.0. The summed E-state index contributed by atoms with van der Waals surface area (Å²) in [6.07, 6.45) is 3.19. The van der Waals surface area contributed by atoms with Crippen molar-refractivity contribution < 1.29 is 14.3 Å². The van der Waals surface area contributed by atoms with E-state index in [2.05, 4.69) is 21.3 Å². The number of carbonyl (C=O) groups excluding carboxylic acids is 1. The summed E-state index contributed by atoms with van der Waals surface area (Å²) in [6, 6.07) is 9.92. The molecule has 29 heavy (non-hydrogen) atoms. The zero-order chi connectivity index (χ0) is 20.8. The SMILES string of the molecule is O=C(N[C@H](CF)[C@H](O)c1ccc(-c2ccc(CN3CCCC3)cn2)cc1)C(Cl)Cl. The predicted octanol–water partition coefficient (Wildman–Crippen LogP) is 3.64. The molecule has 0 radical (unpaired) electrons. The predicted molar refractivity (Wildman–Crippen MR) is 113 cm³/mol. The van der Waals surface area contributed by atoms with Gasteiger partial charge in [0.05, 0.1) is 11.7 Å². The average Bonchev–Trinajstić information content (AvgIpc) is 3.25.